The zero-order valence-electron chi connectivity index (χ0n) is 13.9. The summed E-state index contributed by atoms with van der Waals surface area (Å²) >= 11 is 6.04. The smallest absolute Gasteiger partial charge is 0.262 e. The largest absolute Gasteiger partial charge is 0.482 e. The Morgan fingerprint density at radius 2 is 1.92 bits per heavy atom. The molecule has 0 aliphatic carbocycles. The summed E-state index contributed by atoms with van der Waals surface area (Å²) in [5.74, 6) is 0.275. The maximum absolute atomic E-state index is 12.2. The standard InChI is InChI=1S/C18H17ClN4O2/c1-12-3-5-15(13(2)7-12)22-18(24)9-25-17-6-4-14(19)8-16(17)23-10-20-21-11-23/h3-8,10-11H,9H2,1-2H3,(H,22,24). The van der Waals surface area contributed by atoms with E-state index < -0.39 is 0 Å². The minimum atomic E-state index is -0.239. The number of rotatable bonds is 5. The molecule has 0 spiro atoms. The van der Waals surface area contributed by atoms with Crippen molar-refractivity contribution in [3.05, 3.63) is 65.2 Å². The third kappa shape index (κ3) is 4.16. The summed E-state index contributed by atoms with van der Waals surface area (Å²) in [7, 11) is 0. The summed E-state index contributed by atoms with van der Waals surface area (Å²) in [6.07, 6.45) is 3.07. The second-order valence-corrected chi connectivity index (χ2v) is 6.07. The zero-order valence-corrected chi connectivity index (χ0v) is 14.6. The minimum Gasteiger partial charge on any atom is -0.482 e. The number of carbonyl (C=O) groups excluding carboxylic acids is 1. The number of benzene rings is 2. The monoisotopic (exact) mass is 356 g/mol. The van der Waals surface area contributed by atoms with Gasteiger partial charge in [0, 0.05) is 10.7 Å². The van der Waals surface area contributed by atoms with Crippen molar-refractivity contribution in [2.24, 2.45) is 0 Å². The Hall–Kier alpha value is -2.86. The van der Waals surface area contributed by atoms with E-state index >= 15 is 0 Å². The second kappa shape index (κ2) is 7.36. The summed E-state index contributed by atoms with van der Waals surface area (Å²) in [5.41, 5.74) is 3.59. The quantitative estimate of drug-likeness (QED) is 0.759. The molecule has 6 nitrogen and oxygen atoms in total. The SMILES string of the molecule is Cc1ccc(NC(=O)COc2ccc(Cl)cc2-n2cnnc2)c(C)c1. The molecule has 1 N–H and O–H groups in total. The number of anilines is 1. The van der Waals surface area contributed by atoms with Gasteiger partial charge >= 0.3 is 0 Å². The summed E-state index contributed by atoms with van der Waals surface area (Å²) in [6, 6.07) is 11.0. The maximum Gasteiger partial charge on any atom is 0.262 e. The predicted octanol–water partition coefficient (Wildman–Crippen LogP) is 3.56. The molecule has 0 aliphatic rings. The molecule has 128 valence electrons. The lowest BCUT2D eigenvalue weighted by atomic mass is 10.1. The van der Waals surface area contributed by atoms with Crippen LogP contribution in [0.15, 0.2) is 49.1 Å². The number of amides is 1. The van der Waals surface area contributed by atoms with Crippen molar-refractivity contribution in [3.8, 4) is 11.4 Å². The molecule has 25 heavy (non-hydrogen) atoms. The summed E-state index contributed by atoms with van der Waals surface area (Å²) in [4.78, 5) is 12.2. The highest BCUT2D eigenvalue weighted by Gasteiger charge is 2.11. The van der Waals surface area contributed by atoms with Crippen LogP contribution in [0, 0.1) is 13.8 Å². The van der Waals surface area contributed by atoms with Gasteiger partial charge in [0.1, 0.15) is 18.4 Å². The first kappa shape index (κ1) is 17.0. The normalized spacial score (nSPS) is 10.5. The number of aryl methyl sites for hydroxylation is 2. The Balaban J connectivity index is 1.70. The Bertz CT molecular complexity index is 894. The Morgan fingerprint density at radius 1 is 1.16 bits per heavy atom. The van der Waals surface area contributed by atoms with Gasteiger partial charge in [-0.05, 0) is 43.7 Å². The van der Waals surface area contributed by atoms with Gasteiger partial charge in [0.25, 0.3) is 5.91 Å². The van der Waals surface area contributed by atoms with Crippen LogP contribution in [0.25, 0.3) is 5.69 Å². The van der Waals surface area contributed by atoms with Crippen molar-refractivity contribution in [1.82, 2.24) is 14.8 Å². The molecule has 3 aromatic rings. The topological polar surface area (TPSA) is 69.0 Å². The number of hydrogen-bond donors (Lipinski definition) is 1. The number of hydrogen-bond acceptors (Lipinski definition) is 4. The Labute approximate surface area is 150 Å². The number of aromatic nitrogens is 3. The van der Waals surface area contributed by atoms with Gasteiger partial charge in [0.2, 0.25) is 0 Å². The third-order valence-corrected chi connectivity index (χ3v) is 3.87. The summed E-state index contributed by atoms with van der Waals surface area (Å²) in [5, 5.41) is 10.9. The molecule has 0 saturated heterocycles. The number of nitrogens with zero attached hydrogens (tertiary/aromatic N) is 3. The number of ether oxygens (including phenoxy) is 1. The first-order chi connectivity index (χ1) is 12.0. The maximum atomic E-state index is 12.2. The molecule has 1 aromatic heterocycles. The van der Waals surface area contributed by atoms with E-state index in [0.29, 0.717) is 16.5 Å². The summed E-state index contributed by atoms with van der Waals surface area (Å²) < 4.78 is 7.34. The highest BCUT2D eigenvalue weighted by molar-refractivity contribution is 6.30. The van der Waals surface area contributed by atoms with Crippen LogP contribution in [-0.2, 0) is 4.79 Å². The zero-order chi connectivity index (χ0) is 17.8. The highest BCUT2D eigenvalue weighted by Crippen LogP contribution is 2.26. The molecular weight excluding hydrogens is 340 g/mol. The Kier molecular flexibility index (Phi) is 5.00. The number of halogens is 1. The van der Waals surface area contributed by atoms with E-state index in [1.165, 1.54) is 12.7 Å². The van der Waals surface area contributed by atoms with Crippen molar-refractivity contribution >= 4 is 23.2 Å². The van der Waals surface area contributed by atoms with Crippen LogP contribution in [0.4, 0.5) is 5.69 Å². The minimum absolute atomic E-state index is 0.121. The van der Waals surface area contributed by atoms with Crippen LogP contribution in [0.2, 0.25) is 5.02 Å². The molecule has 7 heteroatoms. The van der Waals surface area contributed by atoms with Gasteiger partial charge < -0.3 is 10.1 Å². The molecule has 0 bridgehead atoms. The molecule has 2 aromatic carbocycles. The average molecular weight is 357 g/mol. The van der Waals surface area contributed by atoms with Crippen LogP contribution in [0.1, 0.15) is 11.1 Å². The fraction of sp³-hybridized carbons (Fsp3) is 0.167. The second-order valence-electron chi connectivity index (χ2n) is 5.64. The molecule has 3 rings (SSSR count). The predicted molar refractivity (Wildman–Crippen MR) is 96.4 cm³/mol. The van der Waals surface area contributed by atoms with Crippen LogP contribution in [0.3, 0.4) is 0 Å². The van der Waals surface area contributed by atoms with E-state index in [-0.39, 0.29) is 12.5 Å². The van der Waals surface area contributed by atoms with Crippen molar-refractivity contribution in [2.45, 2.75) is 13.8 Å². The van der Waals surface area contributed by atoms with Crippen LogP contribution < -0.4 is 10.1 Å². The Morgan fingerprint density at radius 3 is 2.64 bits per heavy atom. The number of carbonyl (C=O) groups is 1. The van der Waals surface area contributed by atoms with Crippen LogP contribution in [0.5, 0.6) is 5.75 Å². The molecule has 1 amide bonds. The van der Waals surface area contributed by atoms with Gasteiger partial charge in [0.15, 0.2) is 6.61 Å². The van der Waals surface area contributed by atoms with E-state index in [1.807, 2.05) is 32.0 Å². The van der Waals surface area contributed by atoms with Gasteiger partial charge in [-0.25, -0.2) is 0 Å². The fourth-order valence-electron chi connectivity index (χ4n) is 2.42. The number of nitrogens with one attached hydrogen (secondary N) is 1. The average Bonchev–Trinajstić information content (AvgIpc) is 3.10. The lowest BCUT2D eigenvalue weighted by Crippen LogP contribution is -2.21. The van der Waals surface area contributed by atoms with Crippen LogP contribution in [-0.4, -0.2) is 27.3 Å². The third-order valence-electron chi connectivity index (χ3n) is 3.63. The van der Waals surface area contributed by atoms with E-state index in [2.05, 4.69) is 15.5 Å². The van der Waals surface area contributed by atoms with Gasteiger partial charge in [0.05, 0.1) is 5.69 Å². The molecule has 0 saturated carbocycles. The molecule has 0 aliphatic heterocycles. The van der Waals surface area contributed by atoms with Crippen molar-refractivity contribution in [3.63, 3.8) is 0 Å². The first-order valence-corrected chi connectivity index (χ1v) is 8.05. The molecule has 0 radical (unpaired) electrons. The van der Waals surface area contributed by atoms with E-state index in [0.717, 1.165) is 16.8 Å². The van der Waals surface area contributed by atoms with Crippen LogP contribution >= 0.6 is 11.6 Å². The lowest BCUT2D eigenvalue weighted by Gasteiger charge is -2.13. The van der Waals surface area contributed by atoms with Crippen molar-refractivity contribution < 1.29 is 9.53 Å². The molecular formula is C18H17ClN4O2. The summed E-state index contributed by atoms with van der Waals surface area (Å²) in [6.45, 7) is 3.84. The first-order valence-electron chi connectivity index (χ1n) is 7.67. The van der Waals surface area contributed by atoms with Gasteiger partial charge in [-0.2, -0.15) is 0 Å². The highest BCUT2D eigenvalue weighted by atomic mass is 35.5. The molecule has 0 unspecified atom stereocenters. The van der Waals surface area contributed by atoms with E-state index in [4.69, 9.17) is 16.3 Å². The van der Waals surface area contributed by atoms with E-state index in [1.54, 1.807) is 22.8 Å². The molecule has 0 atom stereocenters. The van der Waals surface area contributed by atoms with Gasteiger partial charge in [-0.1, -0.05) is 29.3 Å². The van der Waals surface area contributed by atoms with E-state index in [9.17, 15) is 4.79 Å². The van der Waals surface area contributed by atoms with Crippen molar-refractivity contribution in [1.29, 1.82) is 0 Å². The van der Waals surface area contributed by atoms with Crippen molar-refractivity contribution in [2.75, 3.05) is 11.9 Å². The molecule has 0 fully saturated rings. The lowest BCUT2D eigenvalue weighted by molar-refractivity contribution is -0.118. The van der Waals surface area contributed by atoms with Gasteiger partial charge in [-0.3, -0.25) is 9.36 Å². The molecule has 1 heterocycles. The van der Waals surface area contributed by atoms with Gasteiger partial charge in [-0.15, -0.1) is 10.2 Å². The fourth-order valence-corrected chi connectivity index (χ4v) is 2.59.